The largest absolute Gasteiger partial charge is 0.345 e. The first kappa shape index (κ1) is 108. The van der Waals surface area contributed by atoms with E-state index in [9.17, 15) is 0 Å². The Hall–Kier alpha value is -11.6. The molecule has 0 saturated heterocycles. The lowest BCUT2D eigenvalue weighted by atomic mass is 9.87. The number of para-hydroxylation sites is 1. The molecule has 738 valence electrons. The Labute approximate surface area is 829 Å². The Kier molecular flexibility index (Phi) is 36.5. The van der Waals surface area contributed by atoms with Gasteiger partial charge < -0.3 is 27.4 Å². The molecule has 138 heavy (non-hydrogen) atoms. The predicted octanol–water partition coefficient (Wildman–Crippen LogP) is 36.0. The molecule has 0 atom stereocenters. The standard InChI is InChI=1S/C15H21N.2C14H20N2.2C14H19N.4C13H18N2/c1-11(2)16-9-8-12-6-7-13(10-14(12)16)15(3,4)5;1-10(2)16-13-8-12(14(3,4)5)7-6-11(13)9-15-16;1-10(2)16-9-15-12-7-6-11(8-13(12)16)14(3,4)5;1-10(2)12-5-6-14-13(9-12)7-8-15(14)11(3)4;1-10(2)12-6-5-7-14-13(12)8-9-15(14)11(3)4;1-9(2)11-5-6-13-12(7-11)14-8-15(13)10(3)4;1-9(2)11-5-6-13-12(7-11)8-14-15(13)10(3)4;1-9(2)11-6-5-7-13-12(11)8-14-15(13)10(3)4;1-9(2)11-6-5-7-12-13(11)14-8-15(12)10(3)4/h6-11H,1-5H3;2*6-10H,1-5H3;2*5-11H,1-4H3;4*5-10H,1-4H3. The van der Waals surface area contributed by atoms with Gasteiger partial charge in [0, 0.05) is 111 Å². The van der Waals surface area contributed by atoms with Crippen LogP contribution in [0.1, 0.15) is 410 Å². The lowest BCUT2D eigenvalue weighted by Crippen LogP contribution is -2.11. The van der Waals surface area contributed by atoms with E-state index in [1.165, 1.54) is 132 Å². The van der Waals surface area contributed by atoms with Crippen LogP contribution in [0, 0.1) is 0 Å². The molecule has 15 heteroatoms. The fourth-order valence-corrected chi connectivity index (χ4v) is 17.7. The van der Waals surface area contributed by atoms with Gasteiger partial charge in [0.2, 0.25) is 0 Å². The zero-order valence-corrected chi connectivity index (χ0v) is 91.9. The van der Waals surface area contributed by atoms with Crippen LogP contribution in [0.4, 0.5) is 0 Å². The van der Waals surface area contributed by atoms with E-state index >= 15 is 0 Å². The molecule has 9 aromatic carbocycles. The van der Waals surface area contributed by atoms with Gasteiger partial charge in [-0.1, -0.05) is 230 Å². The number of rotatable bonds is 15. The van der Waals surface area contributed by atoms with Gasteiger partial charge in [-0.2, -0.15) is 15.3 Å². The number of fused-ring (bicyclic) bond motifs is 9. The van der Waals surface area contributed by atoms with Crippen LogP contribution in [0.5, 0.6) is 0 Å². The minimum atomic E-state index is 0.195. The van der Waals surface area contributed by atoms with Crippen molar-refractivity contribution in [3.63, 3.8) is 0 Å². The van der Waals surface area contributed by atoms with E-state index in [2.05, 4.69) is 542 Å². The third kappa shape index (κ3) is 26.5. The molecule has 9 aromatic heterocycles. The molecule has 0 spiro atoms. The summed E-state index contributed by atoms with van der Waals surface area (Å²) < 4.78 is 19.9. The van der Waals surface area contributed by atoms with Crippen molar-refractivity contribution in [1.29, 1.82) is 0 Å². The maximum Gasteiger partial charge on any atom is 0.0960 e. The molecular weight excluding hydrogens is 1690 g/mol. The minimum Gasteiger partial charge on any atom is -0.345 e. The highest BCUT2D eigenvalue weighted by Crippen LogP contribution is 2.36. The van der Waals surface area contributed by atoms with E-state index in [1.807, 2.05) is 37.6 Å². The second-order valence-electron chi connectivity index (χ2n) is 45.3. The van der Waals surface area contributed by atoms with Gasteiger partial charge in [-0.05, 0) is 334 Å². The number of imidazole rings is 3. The highest BCUT2D eigenvalue weighted by Gasteiger charge is 2.22. The molecule has 0 N–H and O–H groups in total. The molecule has 9 heterocycles. The Morgan fingerprint density at radius 2 is 0.580 bits per heavy atom. The maximum absolute atomic E-state index is 4.52. The van der Waals surface area contributed by atoms with Gasteiger partial charge in [0.25, 0.3) is 0 Å². The summed E-state index contributed by atoms with van der Waals surface area (Å²) in [6, 6.07) is 70.4. The van der Waals surface area contributed by atoms with Gasteiger partial charge in [-0.25, -0.2) is 15.0 Å². The number of hydrogen-bond acceptors (Lipinski definition) is 6. The monoisotopic (exact) mass is 1860 g/mol. The van der Waals surface area contributed by atoms with Gasteiger partial charge in [0.1, 0.15) is 0 Å². The molecule has 0 radical (unpaired) electrons. The summed E-state index contributed by atoms with van der Waals surface area (Å²) >= 11 is 0. The molecular formula is C123H171N15. The van der Waals surface area contributed by atoms with Crippen LogP contribution >= 0.6 is 0 Å². The van der Waals surface area contributed by atoms with E-state index in [-0.39, 0.29) is 16.2 Å². The number of benzene rings is 9. The average molecular weight is 1860 g/mol. The summed E-state index contributed by atoms with van der Waals surface area (Å²) in [6.07, 6.45) is 18.3. The molecule has 15 nitrogen and oxygen atoms in total. The summed E-state index contributed by atoms with van der Waals surface area (Å²) in [7, 11) is 0. The summed E-state index contributed by atoms with van der Waals surface area (Å²) in [6.45, 7) is 86.3. The predicted molar refractivity (Wildman–Crippen MR) is 598 cm³/mol. The molecule has 0 amide bonds. The van der Waals surface area contributed by atoms with Gasteiger partial charge >= 0.3 is 0 Å². The van der Waals surface area contributed by atoms with E-state index in [0.29, 0.717) is 89.9 Å². The lowest BCUT2D eigenvalue weighted by molar-refractivity contribution is 0.548. The van der Waals surface area contributed by atoms with Crippen LogP contribution in [0.15, 0.2) is 238 Å². The minimum absolute atomic E-state index is 0.195. The van der Waals surface area contributed by atoms with Crippen LogP contribution in [0.3, 0.4) is 0 Å². The quantitative estimate of drug-likeness (QED) is 0.101. The molecule has 0 unspecified atom stereocenters. The van der Waals surface area contributed by atoms with E-state index in [4.69, 9.17) is 0 Å². The van der Waals surface area contributed by atoms with E-state index in [1.54, 1.807) is 0 Å². The van der Waals surface area contributed by atoms with Gasteiger partial charge in [-0.15, -0.1) is 0 Å². The smallest absolute Gasteiger partial charge is 0.0960 e. The first-order valence-corrected chi connectivity index (χ1v) is 51.4. The van der Waals surface area contributed by atoms with Crippen molar-refractivity contribution in [3.05, 3.63) is 288 Å². The molecule has 0 bridgehead atoms. The van der Waals surface area contributed by atoms with Crippen LogP contribution in [-0.2, 0) is 16.2 Å². The third-order valence-corrected chi connectivity index (χ3v) is 26.2. The topological polar surface area (TPSA) is 122 Å². The second-order valence-corrected chi connectivity index (χ2v) is 45.3. The van der Waals surface area contributed by atoms with Crippen molar-refractivity contribution < 1.29 is 0 Å². The van der Waals surface area contributed by atoms with Crippen molar-refractivity contribution in [1.82, 2.24) is 71.7 Å². The number of nitrogens with zero attached hydrogens (tertiary/aromatic N) is 15. The third-order valence-electron chi connectivity index (χ3n) is 26.2. The van der Waals surface area contributed by atoms with Crippen molar-refractivity contribution in [3.8, 4) is 0 Å². The highest BCUT2D eigenvalue weighted by atomic mass is 15.3. The number of aromatic nitrogens is 15. The first-order chi connectivity index (χ1) is 64.8. The summed E-state index contributed by atoms with van der Waals surface area (Å²) in [5.41, 5.74) is 27.9. The zero-order chi connectivity index (χ0) is 102. The van der Waals surface area contributed by atoms with Crippen LogP contribution in [0.2, 0.25) is 0 Å². The summed E-state index contributed by atoms with van der Waals surface area (Å²) in [5.74, 6) is 3.44. The molecule has 0 aliphatic heterocycles. The molecule has 18 rings (SSSR count). The lowest BCUT2D eigenvalue weighted by Gasteiger charge is -2.20. The average Bonchev–Trinajstić information content (AvgIpc) is 1.66. The molecule has 18 aromatic rings. The Morgan fingerprint density at radius 1 is 0.217 bits per heavy atom. The van der Waals surface area contributed by atoms with E-state index < -0.39 is 0 Å². The summed E-state index contributed by atoms with van der Waals surface area (Å²) in [4.78, 5) is 13.4. The van der Waals surface area contributed by atoms with Crippen molar-refractivity contribution >= 4 is 98.5 Å². The van der Waals surface area contributed by atoms with Crippen molar-refractivity contribution in [2.45, 2.75) is 376 Å². The number of hydrogen-bond donors (Lipinski definition) is 0. The van der Waals surface area contributed by atoms with Crippen LogP contribution in [-0.4, -0.2) is 71.7 Å². The van der Waals surface area contributed by atoms with Crippen LogP contribution < -0.4 is 0 Å². The Bertz CT molecular complexity index is 6260. The molecule has 0 aliphatic carbocycles. The molecule has 0 fully saturated rings. The van der Waals surface area contributed by atoms with Gasteiger partial charge in [-0.3, -0.25) is 14.0 Å². The first-order valence-electron chi connectivity index (χ1n) is 51.4. The van der Waals surface area contributed by atoms with E-state index in [0.717, 1.165) is 16.6 Å². The van der Waals surface area contributed by atoms with Crippen molar-refractivity contribution in [2.24, 2.45) is 0 Å². The normalized spacial score (nSPS) is 12.1. The van der Waals surface area contributed by atoms with Crippen LogP contribution in [0.25, 0.3) is 98.5 Å². The van der Waals surface area contributed by atoms with Gasteiger partial charge in [0.05, 0.1) is 87.2 Å². The Balaban J connectivity index is 0.000000160. The summed E-state index contributed by atoms with van der Waals surface area (Å²) in [5, 5.41) is 21.2. The second kappa shape index (κ2) is 46.5. The zero-order valence-electron chi connectivity index (χ0n) is 91.9. The maximum atomic E-state index is 4.52. The fourth-order valence-electron chi connectivity index (χ4n) is 17.7. The highest BCUT2D eigenvalue weighted by molar-refractivity contribution is 5.87. The molecule has 0 saturated carbocycles. The fraction of sp³-hybridized carbons (Fsp3) is 0.463. The molecule has 0 aliphatic rings. The SMILES string of the molecule is CC(C)c1ccc2c(c1)ncn2C(C)C.CC(C)c1ccc2c(ccn2C(C)C)c1.CC(C)c1ccc2c(cnn2C(C)C)c1.CC(C)c1cccc2c1ccn2C(C)C.CC(C)c1cccc2c1cnn2C(C)C.CC(C)c1cccc2c1ncn2C(C)C.CC(C)n1ccc2ccc(C(C)(C)C)cc21.CC(C)n1cnc2ccc(C(C)(C)C)cc21.CC(C)n1ncc2ccc(C(C)(C)C)cc21. The van der Waals surface area contributed by atoms with Crippen molar-refractivity contribution in [2.75, 3.05) is 0 Å². The van der Waals surface area contributed by atoms with Gasteiger partial charge in [0.15, 0.2) is 0 Å². The Morgan fingerprint density at radius 3 is 1.08 bits per heavy atom.